The smallest absolute Gasteiger partial charge is 0.337 e. The summed E-state index contributed by atoms with van der Waals surface area (Å²) in [7, 11) is -8.56. The van der Waals surface area contributed by atoms with Crippen molar-refractivity contribution in [3.05, 3.63) is 179 Å². The molecule has 30 heteroatoms. The van der Waals surface area contributed by atoms with Gasteiger partial charge in [0.1, 0.15) is 34.5 Å². The van der Waals surface area contributed by atoms with Crippen LogP contribution < -0.4 is 50.6 Å². The second-order valence-electron chi connectivity index (χ2n) is 16.8. The van der Waals surface area contributed by atoms with Gasteiger partial charge in [0.2, 0.25) is 0 Å². The van der Waals surface area contributed by atoms with E-state index < -0.39 is 56.5 Å². The first kappa shape index (κ1) is 72.1. The summed E-state index contributed by atoms with van der Waals surface area (Å²) < 4.78 is 85.7. The maximum atomic E-state index is 12.1. The molecule has 0 unspecified atom stereocenters. The molecule has 0 spiro atoms. The fourth-order valence-corrected chi connectivity index (χ4v) is 6.85. The first-order valence-electron chi connectivity index (χ1n) is 25.1. The molecule has 0 heterocycles. The fraction of sp³-hybridized carbons (Fsp3) is 0.214. The number of hydrogen-bond donors (Lipinski definition) is 9. The zero-order valence-corrected chi connectivity index (χ0v) is 47.9. The number of esters is 3. The van der Waals surface area contributed by atoms with E-state index >= 15 is 0 Å². The second-order valence-corrected chi connectivity index (χ2v) is 18.8. The van der Waals surface area contributed by atoms with E-state index in [1.54, 1.807) is 48.5 Å². The largest absolute Gasteiger partial charge is 0.716 e. The predicted octanol–water partition coefficient (Wildman–Crippen LogP) is 3.56. The normalized spacial score (nSPS) is 10.2. The SMILES string of the molecule is CC(=O)Oc1ccc(C(=O)NCCCNC(=O)c2cccc(O)c2)cc1.CC(=O)Oc1ccc(C(=O)O)cc1.COC(=O)c1cccc(O)c1.NCCCN.O=C(NCCCNC(=O)c1cccc(OS(=O)(=O)[O-])c1)c1ccc(OS(=O)(=O)[O-])cc1. The number of benzene rings is 6. The summed E-state index contributed by atoms with van der Waals surface area (Å²) in [5.74, 6) is -3.54. The van der Waals surface area contributed by atoms with Crippen LogP contribution in [0.5, 0.6) is 34.5 Å². The molecule has 6 rings (SSSR count). The van der Waals surface area contributed by atoms with Crippen molar-refractivity contribution >= 4 is 68.3 Å². The third-order valence-corrected chi connectivity index (χ3v) is 10.8. The van der Waals surface area contributed by atoms with Gasteiger partial charge in [-0.1, -0.05) is 18.2 Å². The highest BCUT2D eigenvalue weighted by Crippen LogP contribution is 2.18. The van der Waals surface area contributed by atoms with Gasteiger partial charge >= 0.3 is 23.9 Å². The molecule has 6 aromatic carbocycles. The minimum absolute atomic E-state index is 0.0321. The van der Waals surface area contributed by atoms with E-state index in [9.17, 15) is 69.4 Å². The Morgan fingerprint density at radius 1 is 0.442 bits per heavy atom. The first-order chi connectivity index (χ1) is 40.6. The number of aromatic hydroxyl groups is 2. The lowest BCUT2D eigenvalue weighted by Gasteiger charge is -2.11. The van der Waals surface area contributed by atoms with Crippen molar-refractivity contribution in [2.75, 3.05) is 46.4 Å². The molecule has 0 radical (unpaired) electrons. The van der Waals surface area contributed by atoms with Crippen LogP contribution in [0.4, 0.5) is 0 Å². The maximum absolute atomic E-state index is 12.1. The van der Waals surface area contributed by atoms with Gasteiger partial charge < -0.3 is 79.7 Å². The van der Waals surface area contributed by atoms with Gasteiger partial charge in [0.25, 0.3) is 44.4 Å². The fourth-order valence-electron chi connectivity index (χ4n) is 6.17. The number of ether oxygens (including phenoxy) is 3. The number of rotatable bonds is 22. The van der Waals surface area contributed by atoms with Crippen molar-refractivity contribution in [1.29, 1.82) is 0 Å². The number of hydrogen-bond acceptors (Lipinski definition) is 23. The molecule has 0 aromatic heterocycles. The van der Waals surface area contributed by atoms with E-state index in [2.05, 4.69) is 34.4 Å². The Hall–Kier alpha value is -9.98. The Labute approximate surface area is 494 Å². The molecular weight excluding hydrogens is 1170 g/mol. The van der Waals surface area contributed by atoms with Crippen molar-refractivity contribution < 1.29 is 102 Å². The molecule has 6 aromatic rings. The minimum atomic E-state index is -4.96. The Bertz CT molecular complexity index is 3420. The van der Waals surface area contributed by atoms with Crippen LogP contribution in [0.3, 0.4) is 0 Å². The van der Waals surface area contributed by atoms with Crippen molar-refractivity contribution in [1.82, 2.24) is 21.3 Å². The van der Waals surface area contributed by atoms with Crippen LogP contribution in [-0.4, -0.2) is 135 Å². The van der Waals surface area contributed by atoms with Gasteiger partial charge in [-0.25, -0.2) is 26.4 Å². The third-order valence-electron chi connectivity index (χ3n) is 9.98. The lowest BCUT2D eigenvalue weighted by atomic mass is 10.2. The maximum Gasteiger partial charge on any atom is 0.337 e. The molecule has 0 atom stereocenters. The highest BCUT2D eigenvalue weighted by atomic mass is 32.3. The Kier molecular flexibility index (Phi) is 31.9. The molecule has 28 nitrogen and oxygen atoms in total. The number of carboxylic acid groups (broad SMARTS) is 1. The van der Waals surface area contributed by atoms with Crippen molar-refractivity contribution in [3.8, 4) is 34.5 Å². The van der Waals surface area contributed by atoms with Gasteiger partial charge in [0.05, 0.1) is 18.2 Å². The Balaban J connectivity index is 0.000000408. The Morgan fingerprint density at radius 2 is 0.779 bits per heavy atom. The standard InChI is InChI=1S/C19H20N2O5.C17H18N2O10S2.C9H8O4.C8H8O3.C3H10N2/c1-13(22)26-17-8-6-14(7-9-17)18(24)20-10-3-11-21-19(25)15-4-2-5-16(23)12-15;20-16(12-5-7-14(8-6-12)28-30(22,23)24)18-9-2-10-19-17(21)13-3-1-4-15(11-13)29-31(25,26)27;1-6(10)13-8-4-2-7(3-5-8)9(11)12;1-11-8(10)6-3-2-4-7(9)5-6;4-2-1-3-5/h2,4-9,12,23H,3,10-11H2,1H3,(H,20,24)(H,21,25);1,3-8,11H,2,9-10H2,(H,18,20)(H,19,21)(H,22,23,24)(H,25,26,27);2-5H,1H3,(H,11,12);2-5,9H,1H3;1-5H2/p-2. The second kappa shape index (κ2) is 38.0. The van der Waals surface area contributed by atoms with Crippen LogP contribution in [0.2, 0.25) is 0 Å². The number of methoxy groups -OCH3 is 1. The quantitative estimate of drug-likeness (QED) is 0.0154. The summed E-state index contributed by atoms with van der Waals surface area (Å²) in [5, 5.41) is 37.4. The van der Waals surface area contributed by atoms with Crippen molar-refractivity contribution in [2.24, 2.45) is 11.5 Å². The summed E-state index contributed by atoms with van der Waals surface area (Å²) in [6.07, 6.45) is 1.86. The average Bonchev–Trinajstić information content (AvgIpc) is 3.67. The van der Waals surface area contributed by atoms with Gasteiger partial charge in [-0.15, -0.1) is 0 Å². The van der Waals surface area contributed by atoms with E-state index in [1.165, 1.54) is 99.8 Å². The van der Waals surface area contributed by atoms with Crippen LogP contribution in [0.1, 0.15) is 95.3 Å². The number of aromatic carboxylic acids is 1. The molecule has 0 aliphatic heterocycles. The summed E-state index contributed by atoms with van der Waals surface area (Å²) in [4.78, 5) is 90.5. The summed E-state index contributed by atoms with van der Waals surface area (Å²) in [6.45, 7) is 5.19. The molecule has 0 fully saturated rings. The van der Waals surface area contributed by atoms with Gasteiger partial charge in [-0.05, 0) is 160 Å². The third kappa shape index (κ3) is 31.5. The van der Waals surface area contributed by atoms with Gasteiger partial charge in [-0.2, -0.15) is 0 Å². The summed E-state index contributed by atoms with van der Waals surface area (Å²) in [5.41, 5.74) is 11.7. The lowest BCUT2D eigenvalue weighted by molar-refractivity contribution is -0.132. The molecule has 0 saturated carbocycles. The van der Waals surface area contributed by atoms with Crippen molar-refractivity contribution in [3.63, 3.8) is 0 Å². The molecule has 0 aliphatic rings. The van der Waals surface area contributed by atoms with Gasteiger partial charge in [0.15, 0.2) is 0 Å². The molecule has 86 heavy (non-hydrogen) atoms. The van der Waals surface area contributed by atoms with E-state index in [1.807, 2.05) is 0 Å². The molecule has 462 valence electrons. The first-order valence-corrected chi connectivity index (χ1v) is 27.8. The molecule has 0 aliphatic carbocycles. The number of carboxylic acids is 1. The van der Waals surface area contributed by atoms with Crippen LogP contribution in [0, 0.1) is 0 Å². The lowest BCUT2D eigenvalue weighted by Crippen LogP contribution is -2.29. The highest BCUT2D eigenvalue weighted by Gasteiger charge is 2.12. The van der Waals surface area contributed by atoms with Crippen molar-refractivity contribution in [2.45, 2.75) is 33.1 Å². The summed E-state index contributed by atoms with van der Waals surface area (Å²) >= 11 is 0. The number of amides is 4. The number of nitrogens with one attached hydrogen (secondary N) is 4. The molecular formula is C56H62N6O22S2-2. The number of nitrogens with two attached hydrogens (primary N) is 2. The van der Waals surface area contributed by atoms with Gasteiger partial charge in [-0.3, -0.25) is 28.8 Å². The molecule has 0 saturated heterocycles. The predicted molar refractivity (Wildman–Crippen MR) is 305 cm³/mol. The number of carbonyl (C=O) groups is 8. The van der Waals surface area contributed by atoms with Gasteiger partial charge in [0, 0.05) is 62.3 Å². The highest BCUT2D eigenvalue weighted by molar-refractivity contribution is 7.81. The van der Waals surface area contributed by atoms with Crippen LogP contribution in [0.25, 0.3) is 0 Å². The van der Waals surface area contributed by atoms with E-state index in [0.717, 1.165) is 37.7 Å². The van der Waals surface area contributed by atoms with E-state index in [-0.39, 0.29) is 64.6 Å². The monoisotopic (exact) mass is 1230 g/mol. The molecule has 4 amide bonds. The van der Waals surface area contributed by atoms with Crippen LogP contribution in [0.15, 0.2) is 146 Å². The van der Waals surface area contributed by atoms with Crippen LogP contribution >= 0.6 is 0 Å². The zero-order chi connectivity index (χ0) is 64.2. The zero-order valence-electron chi connectivity index (χ0n) is 46.3. The average molecular weight is 1240 g/mol. The van der Waals surface area contributed by atoms with Crippen LogP contribution in [-0.2, 0) is 35.1 Å². The minimum Gasteiger partial charge on any atom is -0.716 e. The Morgan fingerprint density at radius 3 is 1.13 bits per heavy atom. The summed E-state index contributed by atoms with van der Waals surface area (Å²) in [6, 6.07) is 33.8. The number of phenols is 2. The number of carbonyl (C=O) groups excluding carboxylic acids is 7. The molecule has 0 bridgehead atoms. The number of phenolic OH excluding ortho intramolecular Hbond substituents is 2. The van der Waals surface area contributed by atoms with E-state index in [0.29, 0.717) is 54.1 Å². The van der Waals surface area contributed by atoms with E-state index in [4.69, 9.17) is 31.2 Å². The topological polar surface area (TPSA) is 458 Å². The molecule has 11 N–H and O–H groups in total.